The van der Waals surface area contributed by atoms with Crippen LogP contribution in [0.2, 0.25) is 0 Å². The Morgan fingerprint density at radius 3 is 2.13 bits per heavy atom. The lowest BCUT2D eigenvalue weighted by Gasteiger charge is -2.04. The smallest absolute Gasteiger partial charge is 0.0792 e. The molecular formula is C13H27NO. The lowest BCUT2D eigenvalue weighted by Crippen LogP contribution is -2.17. The van der Waals surface area contributed by atoms with Gasteiger partial charge >= 0.3 is 0 Å². The molecule has 1 N–H and O–H groups in total. The minimum atomic E-state index is 0.541. The number of hydrogen-bond acceptors (Lipinski definition) is 2. The molecule has 2 heteroatoms. The van der Waals surface area contributed by atoms with Crippen molar-refractivity contribution < 1.29 is 4.84 Å². The molecule has 0 aromatic carbocycles. The minimum absolute atomic E-state index is 0.541. The lowest BCUT2D eigenvalue weighted by molar-refractivity contribution is 0.0267. The highest BCUT2D eigenvalue weighted by atomic mass is 16.7. The van der Waals surface area contributed by atoms with E-state index in [0.717, 1.165) is 6.54 Å². The molecule has 0 aromatic heterocycles. The zero-order chi connectivity index (χ0) is 10.8. The summed E-state index contributed by atoms with van der Waals surface area (Å²) in [6.07, 6.45) is 14.1. The molecule has 0 saturated heterocycles. The van der Waals surface area contributed by atoms with Gasteiger partial charge in [-0.05, 0) is 19.3 Å². The molecule has 0 aliphatic heterocycles. The van der Waals surface area contributed by atoms with Crippen LogP contribution in [0.3, 0.4) is 0 Å². The van der Waals surface area contributed by atoms with Gasteiger partial charge in [0.05, 0.1) is 6.10 Å². The third-order valence-electron chi connectivity index (χ3n) is 2.91. The van der Waals surface area contributed by atoms with Crippen molar-refractivity contribution >= 4 is 0 Å². The van der Waals surface area contributed by atoms with Crippen molar-refractivity contribution in [2.75, 3.05) is 6.54 Å². The van der Waals surface area contributed by atoms with Crippen molar-refractivity contribution in [1.82, 2.24) is 5.48 Å². The fraction of sp³-hybridized carbons (Fsp3) is 1.00. The Balaban J connectivity index is 1.62. The molecule has 0 spiro atoms. The van der Waals surface area contributed by atoms with Crippen molar-refractivity contribution in [2.45, 2.75) is 77.2 Å². The highest BCUT2D eigenvalue weighted by Gasteiger charge is 2.21. The molecule has 1 fully saturated rings. The Morgan fingerprint density at radius 1 is 0.933 bits per heavy atom. The highest BCUT2D eigenvalue weighted by Crippen LogP contribution is 2.21. The molecule has 15 heavy (non-hydrogen) atoms. The zero-order valence-electron chi connectivity index (χ0n) is 10.3. The molecule has 0 amide bonds. The fourth-order valence-corrected chi connectivity index (χ4v) is 1.69. The van der Waals surface area contributed by atoms with Gasteiger partial charge in [-0.3, -0.25) is 4.84 Å². The quantitative estimate of drug-likeness (QED) is 0.416. The van der Waals surface area contributed by atoms with Gasteiger partial charge in [-0.1, -0.05) is 51.9 Å². The molecule has 1 aliphatic carbocycles. The van der Waals surface area contributed by atoms with Gasteiger partial charge < -0.3 is 0 Å². The van der Waals surface area contributed by atoms with Crippen LogP contribution in [-0.4, -0.2) is 12.6 Å². The molecule has 0 heterocycles. The van der Waals surface area contributed by atoms with Crippen LogP contribution in [0.25, 0.3) is 0 Å². The van der Waals surface area contributed by atoms with Crippen LogP contribution < -0.4 is 5.48 Å². The van der Waals surface area contributed by atoms with Crippen molar-refractivity contribution in [1.29, 1.82) is 0 Å². The summed E-state index contributed by atoms with van der Waals surface area (Å²) in [5, 5.41) is 0. The van der Waals surface area contributed by atoms with Gasteiger partial charge in [0.1, 0.15) is 0 Å². The van der Waals surface area contributed by atoms with E-state index in [1.165, 1.54) is 64.2 Å². The summed E-state index contributed by atoms with van der Waals surface area (Å²) in [6.45, 7) is 3.30. The number of hydrogen-bond donors (Lipinski definition) is 1. The molecule has 0 unspecified atom stereocenters. The van der Waals surface area contributed by atoms with Crippen LogP contribution in [0, 0.1) is 0 Å². The van der Waals surface area contributed by atoms with Gasteiger partial charge in [-0.15, -0.1) is 0 Å². The summed E-state index contributed by atoms with van der Waals surface area (Å²) in [5.41, 5.74) is 3.06. The Kier molecular flexibility index (Phi) is 7.94. The Labute approximate surface area is 94.7 Å². The number of nitrogens with one attached hydrogen (secondary N) is 1. The van der Waals surface area contributed by atoms with E-state index >= 15 is 0 Å². The van der Waals surface area contributed by atoms with E-state index in [-0.39, 0.29) is 0 Å². The number of hydroxylamine groups is 1. The molecule has 1 aliphatic rings. The molecule has 2 nitrogen and oxygen atoms in total. The van der Waals surface area contributed by atoms with Crippen LogP contribution in [0.1, 0.15) is 71.1 Å². The zero-order valence-corrected chi connectivity index (χ0v) is 10.3. The Bertz CT molecular complexity index is 134. The van der Waals surface area contributed by atoms with Gasteiger partial charge in [0.25, 0.3) is 0 Å². The molecule has 0 radical (unpaired) electrons. The summed E-state index contributed by atoms with van der Waals surface area (Å²) in [5.74, 6) is 0. The second-order valence-corrected chi connectivity index (χ2v) is 4.69. The summed E-state index contributed by atoms with van der Waals surface area (Å²) in [6, 6.07) is 0. The summed E-state index contributed by atoms with van der Waals surface area (Å²) in [4.78, 5) is 5.36. The molecule has 90 valence electrons. The first-order valence-electron chi connectivity index (χ1n) is 6.82. The summed E-state index contributed by atoms with van der Waals surface area (Å²) in [7, 11) is 0. The maximum Gasteiger partial charge on any atom is 0.0792 e. The van der Waals surface area contributed by atoms with Crippen molar-refractivity contribution in [3.8, 4) is 0 Å². The molecule has 1 rings (SSSR count). The van der Waals surface area contributed by atoms with Crippen LogP contribution in [0.15, 0.2) is 0 Å². The summed E-state index contributed by atoms with van der Waals surface area (Å²) >= 11 is 0. The Hall–Kier alpha value is -0.0800. The normalized spacial score (nSPS) is 15.8. The van der Waals surface area contributed by atoms with E-state index in [9.17, 15) is 0 Å². The highest BCUT2D eigenvalue weighted by molar-refractivity contribution is 4.71. The maximum absolute atomic E-state index is 5.36. The van der Waals surface area contributed by atoms with Crippen molar-refractivity contribution in [2.24, 2.45) is 0 Å². The third-order valence-corrected chi connectivity index (χ3v) is 2.91. The van der Waals surface area contributed by atoms with E-state index in [1.807, 2.05) is 0 Å². The fourth-order valence-electron chi connectivity index (χ4n) is 1.69. The van der Waals surface area contributed by atoms with E-state index in [0.29, 0.717) is 6.10 Å². The van der Waals surface area contributed by atoms with E-state index in [2.05, 4.69) is 12.4 Å². The van der Waals surface area contributed by atoms with Crippen LogP contribution in [0.5, 0.6) is 0 Å². The second kappa shape index (κ2) is 9.17. The molecule has 0 atom stereocenters. The van der Waals surface area contributed by atoms with Crippen molar-refractivity contribution in [3.63, 3.8) is 0 Å². The first kappa shape index (κ1) is 13.0. The van der Waals surface area contributed by atoms with Crippen molar-refractivity contribution in [3.05, 3.63) is 0 Å². The number of rotatable bonds is 11. The van der Waals surface area contributed by atoms with E-state index in [1.54, 1.807) is 0 Å². The largest absolute Gasteiger partial charge is 0.299 e. The molecule has 0 aromatic rings. The first-order chi connectivity index (χ1) is 7.43. The van der Waals surface area contributed by atoms with E-state index in [4.69, 9.17) is 4.84 Å². The van der Waals surface area contributed by atoms with Gasteiger partial charge in [0, 0.05) is 6.54 Å². The van der Waals surface area contributed by atoms with Gasteiger partial charge in [-0.2, -0.15) is 0 Å². The average Bonchev–Trinajstić information content (AvgIpc) is 3.05. The standard InChI is InChI=1S/C13H27NO/c1-2-3-4-5-6-7-8-9-12-14-15-13-10-11-13/h13-14H,2-12H2,1H3. The van der Waals surface area contributed by atoms with Gasteiger partial charge in [0.15, 0.2) is 0 Å². The maximum atomic E-state index is 5.36. The SMILES string of the molecule is CCCCCCCCCCNOC1CC1. The lowest BCUT2D eigenvalue weighted by atomic mass is 10.1. The van der Waals surface area contributed by atoms with Crippen LogP contribution in [0.4, 0.5) is 0 Å². The van der Waals surface area contributed by atoms with E-state index < -0.39 is 0 Å². The molecular weight excluding hydrogens is 186 g/mol. The first-order valence-corrected chi connectivity index (χ1v) is 6.82. The van der Waals surface area contributed by atoms with Gasteiger partial charge in [-0.25, -0.2) is 5.48 Å². The predicted octanol–water partition coefficient (Wildman–Crippen LogP) is 3.81. The molecule has 1 saturated carbocycles. The predicted molar refractivity (Wildman–Crippen MR) is 64.7 cm³/mol. The summed E-state index contributed by atoms with van der Waals surface area (Å²) < 4.78 is 0. The monoisotopic (exact) mass is 213 g/mol. The number of unbranched alkanes of at least 4 members (excludes halogenated alkanes) is 7. The third kappa shape index (κ3) is 8.88. The average molecular weight is 213 g/mol. The molecule has 0 bridgehead atoms. The topological polar surface area (TPSA) is 21.3 Å². The Morgan fingerprint density at radius 2 is 1.53 bits per heavy atom. The van der Waals surface area contributed by atoms with Gasteiger partial charge in [0.2, 0.25) is 0 Å². The second-order valence-electron chi connectivity index (χ2n) is 4.69. The van der Waals surface area contributed by atoms with Crippen LogP contribution >= 0.6 is 0 Å². The van der Waals surface area contributed by atoms with Crippen LogP contribution in [-0.2, 0) is 4.84 Å². The minimum Gasteiger partial charge on any atom is -0.299 e.